The summed E-state index contributed by atoms with van der Waals surface area (Å²) in [6.45, 7) is 8.12. The Morgan fingerprint density at radius 2 is 1.53 bits per heavy atom. The molecule has 3 rings (SSSR count). The summed E-state index contributed by atoms with van der Waals surface area (Å²) in [4.78, 5) is 12.1. The van der Waals surface area contributed by atoms with Crippen molar-refractivity contribution in [2.75, 3.05) is 11.1 Å². The van der Waals surface area contributed by atoms with Gasteiger partial charge in [0.1, 0.15) is 0 Å². The zero-order valence-electron chi connectivity index (χ0n) is 17.8. The van der Waals surface area contributed by atoms with E-state index in [1.807, 2.05) is 24.3 Å². The van der Waals surface area contributed by atoms with Crippen molar-refractivity contribution in [1.29, 1.82) is 0 Å². The largest absolute Gasteiger partial charge is 0.397 e. The number of carbonyl (C=O) groups excluding carboxylic acids is 1. The smallest absolute Gasteiger partial charge is 0.248 e. The van der Waals surface area contributed by atoms with Crippen molar-refractivity contribution in [2.24, 2.45) is 0 Å². The minimum atomic E-state index is -0.206. The van der Waals surface area contributed by atoms with E-state index in [1.54, 1.807) is 18.2 Å². The molecule has 0 heterocycles. The van der Waals surface area contributed by atoms with Crippen LogP contribution in [-0.2, 0) is 17.9 Å². The Bertz CT molecular complexity index is 1030. The summed E-state index contributed by atoms with van der Waals surface area (Å²) in [6, 6.07) is 19.9. The van der Waals surface area contributed by atoms with Crippen LogP contribution in [0.25, 0.3) is 6.08 Å². The van der Waals surface area contributed by atoms with Crippen molar-refractivity contribution in [1.82, 2.24) is 5.32 Å². The lowest BCUT2D eigenvalue weighted by Gasteiger charge is -2.10. The summed E-state index contributed by atoms with van der Waals surface area (Å²) in [5.74, 6) is -0.206. The second-order valence-corrected chi connectivity index (χ2v) is 7.61. The summed E-state index contributed by atoms with van der Waals surface area (Å²) >= 11 is 0. The topological polar surface area (TPSA) is 67.2 Å². The van der Waals surface area contributed by atoms with Gasteiger partial charge in [-0.05, 0) is 72.4 Å². The molecule has 0 atom stereocenters. The number of nitrogens with two attached hydrogens (primary N) is 1. The van der Waals surface area contributed by atoms with Gasteiger partial charge in [0.05, 0.1) is 11.4 Å². The summed E-state index contributed by atoms with van der Waals surface area (Å²) in [6.07, 6.45) is 3.31. The van der Waals surface area contributed by atoms with Crippen LogP contribution in [0.1, 0.15) is 33.4 Å². The van der Waals surface area contributed by atoms with Crippen molar-refractivity contribution in [3.8, 4) is 0 Å². The Balaban J connectivity index is 1.50. The summed E-state index contributed by atoms with van der Waals surface area (Å²) in [5, 5.41) is 6.29. The zero-order valence-corrected chi connectivity index (χ0v) is 17.8. The van der Waals surface area contributed by atoms with E-state index in [0.29, 0.717) is 11.4 Å². The van der Waals surface area contributed by atoms with Crippen LogP contribution in [0.4, 0.5) is 11.4 Å². The van der Waals surface area contributed by atoms with Gasteiger partial charge in [-0.25, -0.2) is 0 Å². The highest BCUT2D eigenvalue weighted by Gasteiger charge is 2.02. The summed E-state index contributed by atoms with van der Waals surface area (Å²) < 4.78 is 0. The first-order valence-corrected chi connectivity index (χ1v) is 10.1. The van der Waals surface area contributed by atoms with Crippen LogP contribution in [-0.4, -0.2) is 5.91 Å². The van der Waals surface area contributed by atoms with Crippen LogP contribution in [0.3, 0.4) is 0 Å². The number of hydrogen-bond donors (Lipinski definition) is 3. The van der Waals surface area contributed by atoms with Crippen molar-refractivity contribution in [3.05, 3.63) is 100 Å². The minimum absolute atomic E-state index is 0.206. The second-order valence-electron chi connectivity index (χ2n) is 7.61. The monoisotopic (exact) mass is 399 g/mol. The van der Waals surface area contributed by atoms with Crippen molar-refractivity contribution < 1.29 is 4.79 Å². The quantitative estimate of drug-likeness (QED) is 0.381. The number of rotatable bonds is 7. The molecule has 0 aliphatic heterocycles. The molecule has 0 aliphatic carbocycles. The molecule has 0 saturated heterocycles. The predicted molar refractivity (Wildman–Crippen MR) is 126 cm³/mol. The average Bonchev–Trinajstić information content (AvgIpc) is 2.73. The van der Waals surface area contributed by atoms with E-state index in [2.05, 4.69) is 55.7 Å². The Labute approximate surface area is 178 Å². The fourth-order valence-corrected chi connectivity index (χ4v) is 3.28. The zero-order chi connectivity index (χ0) is 21.5. The first-order chi connectivity index (χ1) is 14.4. The first kappa shape index (κ1) is 21.3. The molecule has 0 unspecified atom stereocenters. The highest BCUT2D eigenvalue weighted by Crippen LogP contribution is 2.17. The third-order valence-electron chi connectivity index (χ3n) is 5.27. The van der Waals surface area contributed by atoms with Gasteiger partial charge in [0, 0.05) is 19.2 Å². The molecule has 0 radical (unpaired) electrons. The minimum Gasteiger partial charge on any atom is -0.397 e. The lowest BCUT2D eigenvalue weighted by molar-refractivity contribution is -0.111. The number of anilines is 2. The van der Waals surface area contributed by atoms with Gasteiger partial charge in [0.2, 0.25) is 5.91 Å². The number of aryl methyl sites for hydroxylation is 2. The molecule has 30 heavy (non-hydrogen) atoms. The normalized spacial score (nSPS) is 11.0. The number of hydrogen-bond acceptors (Lipinski definition) is 3. The predicted octanol–water partition coefficient (Wildman–Crippen LogP) is 5.14. The van der Waals surface area contributed by atoms with Crippen LogP contribution in [0.15, 0.2) is 66.7 Å². The fraction of sp³-hybridized carbons (Fsp3) is 0.192. The van der Waals surface area contributed by atoms with Gasteiger partial charge in [-0.1, -0.05) is 48.5 Å². The maximum Gasteiger partial charge on any atom is 0.248 e. The molecular weight excluding hydrogens is 370 g/mol. The lowest BCUT2D eigenvalue weighted by Crippen LogP contribution is -2.13. The average molecular weight is 400 g/mol. The highest BCUT2D eigenvalue weighted by molar-refractivity contribution is 6.03. The molecule has 4 nitrogen and oxygen atoms in total. The number of amides is 1. The molecule has 3 aromatic rings. The van der Waals surface area contributed by atoms with E-state index in [1.165, 1.54) is 33.9 Å². The molecule has 1 amide bonds. The van der Waals surface area contributed by atoms with E-state index < -0.39 is 0 Å². The van der Waals surface area contributed by atoms with Gasteiger partial charge >= 0.3 is 0 Å². The number of nitrogen functional groups attached to an aromatic ring is 1. The molecular formula is C26H29N3O. The molecule has 3 aromatic carbocycles. The number of benzene rings is 3. The first-order valence-electron chi connectivity index (χ1n) is 10.1. The van der Waals surface area contributed by atoms with Gasteiger partial charge in [0.25, 0.3) is 0 Å². The molecule has 0 bridgehead atoms. The third kappa shape index (κ3) is 5.82. The van der Waals surface area contributed by atoms with Crippen molar-refractivity contribution in [3.63, 3.8) is 0 Å². The highest BCUT2D eigenvalue weighted by atomic mass is 16.1. The van der Waals surface area contributed by atoms with Gasteiger partial charge in [-0.2, -0.15) is 0 Å². The van der Waals surface area contributed by atoms with E-state index in [-0.39, 0.29) is 5.91 Å². The Hall–Kier alpha value is -3.37. The summed E-state index contributed by atoms with van der Waals surface area (Å²) in [7, 11) is 0. The van der Waals surface area contributed by atoms with Gasteiger partial charge in [0.15, 0.2) is 0 Å². The van der Waals surface area contributed by atoms with Crippen LogP contribution >= 0.6 is 0 Å². The number of para-hydroxylation sites is 2. The van der Waals surface area contributed by atoms with Crippen molar-refractivity contribution in [2.45, 2.75) is 33.9 Å². The molecule has 0 saturated carbocycles. The molecule has 0 spiro atoms. The summed E-state index contributed by atoms with van der Waals surface area (Å²) in [5.41, 5.74) is 14.5. The Morgan fingerprint density at radius 3 is 2.20 bits per heavy atom. The van der Waals surface area contributed by atoms with E-state index in [4.69, 9.17) is 5.73 Å². The maximum atomic E-state index is 12.1. The SMILES string of the molecule is Cc1cc(CNCc2ccc(/C=C/C(=O)Nc3ccccc3N)cc2)cc(C)c1C. The van der Waals surface area contributed by atoms with Gasteiger partial charge in [-0.3, -0.25) is 4.79 Å². The Morgan fingerprint density at radius 1 is 0.900 bits per heavy atom. The van der Waals surface area contributed by atoms with Crippen LogP contribution < -0.4 is 16.4 Å². The molecule has 154 valence electrons. The molecule has 0 fully saturated rings. The van der Waals surface area contributed by atoms with E-state index in [0.717, 1.165) is 18.7 Å². The molecule has 4 heteroatoms. The number of carbonyl (C=O) groups is 1. The molecule has 4 N–H and O–H groups in total. The van der Waals surface area contributed by atoms with Crippen LogP contribution in [0.2, 0.25) is 0 Å². The number of nitrogens with one attached hydrogen (secondary N) is 2. The lowest BCUT2D eigenvalue weighted by atomic mass is 10.0. The molecule has 0 aromatic heterocycles. The second kappa shape index (κ2) is 9.90. The van der Waals surface area contributed by atoms with Gasteiger partial charge in [-0.15, -0.1) is 0 Å². The van der Waals surface area contributed by atoms with Crippen LogP contribution in [0, 0.1) is 20.8 Å². The maximum absolute atomic E-state index is 12.1. The third-order valence-corrected chi connectivity index (χ3v) is 5.27. The van der Waals surface area contributed by atoms with Crippen LogP contribution in [0.5, 0.6) is 0 Å². The van der Waals surface area contributed by atoms with Gasteiger partial charge < -0.3 is 16.4 Å². The Kier molecular flexibility index (Phi) is 7.04. The standard InChI is InChI=1S/C26H29N3O/c1-18-14-23(15-19(2)20(18)3)17-28-16-22-10-8-21(9-11-22)12-13-26(30)29-25-7-5-4-6-24(25)27/h4-15,28H,16-17,27H2,1-3H3,(H,29,30)/b13-12+. The van der Waals surface area contributed by atoms with E-state index >= 15 is 0 Å². The molecule has 0 aliphatic rings. The van der Waals surface area contributed by atoms with E-state index in [9.17, 15) is 4.79 Å². The fourth-order valence-electron chi connectivity index (χ4n) is 3.28. The van der Waals surface area contributed by atoms with Crippen molar-refractivity contribution >= 4 is 23.4 Å².